The zero-order valence-corrected chi connectivity index (χ0v) is 10.4. The molecule has 4 heteroatoms. The summed E-state index contributed by atoms with van der Waals surface area (Å²) in [4.78, 5) is 11.2. The summed E-state index contributed by atoms with van der Waals surface area (Å²) in [5.41, 5.74) is 2.84. The maximum absolute atomic E-state index is 11.2. The Morgan fingerprint density at radius 2 is 2.24 bits per heavy atom. The Kier molecular flexibility index (Phi) is 3.07. The second kappa shape index (κ2) is 4.70. The molecule has 2 N–H and O–H groups in total. The van der Waals surface area contributed by atoms with E-state index < -0.39 is 0 Å². The summed E-state index contributed by atoms with van der Waals surface area (Å²) in [6, 6.07) is 9.29. The highest BCUT2D eigenvalue weighted by Crippen LogP contribution is 2.31. The molecule has 1 aromatic rings. The smallest absolute Gasteiger partial charge is 0.221 e. The lowest BCUT2D eigenvalue weighted by molar-refractivity contribution is -0.119. The maximum atomic E-state index is 11.2. The average molecular weight is 248 g/mol. The zero-order chi connectivity index (χ0) is 11.7. The molecule has 3 rings (SSSR count). The van der Waals surface area contributed by atoms with Crippen molar-refractivity contribution in [2.45, 2.75) is 24.3 Å². The van der Waals surface area contributed by atoms with Crippen LogP contribution in [0.2, 0.25) is 0 Å². The van der Waals surface area contributed by atoms with E-state index in [4.69, 9.17) is 0 Å². The van der Waals surface area contributed by atoms with Crippen LogP contribution in [0.25, 0.3) is 0 Å². The van der Waals surface area contributed by atoms with Crippen molar-refractivity contribution in [3.8, 4) is 0 Å². The number of rotatable bonds is 2. The fourth-order valence-corrected chi connectivity index (χ4v) is 3.64. The lowest BCUT2D eigenvalue weighted by Crippen LogP contribution is -2.37. The number of hydrogen-bond acceptors (Lipinski definition) is 3. The van der Waals surface area contributed by atoms with Crippen LogP contribution < -0.4 is 10.6 Å². The first-order valence-electron chi connectivity index (χ1n) is 6.01. The largest absolute Gasteiger partial charge is 0.354 e. The number of carbonyl (C=O) groups is 1. The van der Waals surface area contributed by atoms with Gasteiger partial charge in [0.2, 0.25) is 5.91 Å². The molecule has 2 heterocycles. The topological polar surface area (TPSA) is 41.1 Å². The molecule has 0 aliphatic carbocycles. The summed E-state index contributed by atoms with van der Waals surface area (Å²) in [7, 11) is 0. The molecule has 0 bridgehead atoms. The van der Waals surface area contributed by atoms with Crippen molar-refractivity contribution in [1.82, 2.24) is 10.6 Å². The molecule has 2 aliphatic heterocycles. The molecule has 1 fully saturated rings. The number of fused-ring (bicyclic) bond motifs is 1. The molecule has 2 atom stereocenters. The summed E-state index contributed by atoms with van der Waals surface area (Å²) in [6.07, 6.45) is 0.614. The van der Waals surface area contributed by atoms with Crippen LogP contribution in [0.1, 0.15) is 23.6 Å². The number of nitrogens with one attached hydrogen (secondary N) is 2. The summed E-state index contributed by atoms with van der Waals surface area (Å²) in [5, 5.41) is 6.48. The summed E-state index contributed by atoms with van der Waals surface area (Å²) in [5.74, 6) is 2.37. The first kappa shape index (κ1) is 11.1. The highest BCUT2D eigenvalue weighted by atomic mass is 32.2. The third kappa shape index (κ3) is 2.33. The van der Waals surface area contributed by atoms with Crippen molar-refractivity contribution in [3.05, 3.63) is 35.4 Å². The minimum Gasteiger partial charge on any atom is -0.354 e. The monoisotopic (exact) mass is 248 g/mol. The van der Waals surface area contributed by atoms with Gasteiger partial charge in [-0.2, -0.15) is 11.8 Å². The van der Waals surface area contributed by atoms with Crippen molar-refractivity contribution < 1.29 is 4.79 Å². The Morgan fingerprint density at radius 3 is 3.06 bits per heavy atom. The molecule has 2 unspecified atom stereocenters. The molecule has 17 heavy (non-hydrogen) atoms. The molecule has 1 aromatic carbocycles. The van der Waals surface area contributed by atoms with E-state index in [0.29, 0.717) is 18.5 Å². The standard InChI is InChI=1S/C13H16N2OS/c16-13-5-10(6-14-13)15-12-8-17-7-9-3-1-2-4-11(9)12/h1-4,10,12,15H,5-8H2,(H,14,16). The van der Waals surface area contributed by atoms with Gasteiger partial charge in [-0.1, -0.05) is 24.3 Å². The molecule has 0 aromatic heterocycles. The van der Waals surface area contributed by atoms with Gasteiger partial charge < -0.3 is 10.6 Å². The van der Waals surface area contributed by atoms with Gasteiger partial charge in [0.15, 0.2) is 0 Å². The first-order valence-corrected chi connectivity index (χ1v) is 7.16. The van der Waals surface area contributed by atoms with Crippen molar-refractivity contribution in [1.29, 1.82) is 0 Å². The van der Waals surface area contributed by atoms with Crippen LogP contribution >= 0.6 is 11.8 Å². The lowest BCUT2D eigenvalue weighted by Gasteiger charge is -2.28. The second-order valence-corrected chi connectivity index (χ2v) is 5.67. The Hall–Kier alpha value is -1.00. The highest BCUT2D eigenvalue weighted by Gasteiger charge is 2.27. The molecular formula is C13H16N2OS. The summed E-state index contributed by atoms with van der Waals surface area (Å²) >= 11 is 1.96. The average Bonchev–Trinajstić information content (AvgIpc) is 2.75. The fraction of sp³-hybridized carbons (Fsp3) is 0.462. The number of thioether (sulfide) groups is 1. The summed E-state index contributed by atoms with van der Waals surface area (Å²) < 4.78 is 0. The van der Waals surface area contributed by atoms with E-state index in [9.17, 15) is 4.79 Å². The highest BCUT2D eigenvalue weighted by molar-refractivity contribution is 7.98. The fourth-order valence-electron chi connectivity index (χ4n) is 2.53. The van der Waals surface area contributed by atoms with Gasteiger partial charge >= 0.3 is 0 Å². The Labute approximate surface area is 105 Å². The van der Waals surface area contributed by atoms with Crippen LogP contribution in [-0.2, 0) is 10.5 Å². The molecule has 0 saturated carbocycles. The zero-order valence-electron chi connectivity index (χ0n) is 9.61. The SMILES string of the molecule is O=C1CC(NC2CSCc3ccccc32)CN1. The number of amides is 1. The Balaban J connectivity index is 1.74. The molecule has 1 saturated heterocycles. The van der Waals surface area contributed by atoms with E-state index in [0.717, 1.165) is 18.1 Å². The first-order chi connectivity index (χ1) is 8.33. The molecule has 3 nitrogen and oxygen atoms in total. The predicted octanol–water partition coefficient (Wildman–Crippen LogP) is 1.45. The molecule has 0 radical (unpaired) electrons. The van der Waals surface area contributed by atoms with Gasteiger partial charge in [0, 0.05) is 36.6 Å². The minimum absolute atomic E-state index is 0.166. The van der Waals surface area contributed by atoms with E-state index in [1.807, 2.05) is 11.8 Å². The van der Waals surface area contributed by atoms with Crippen molar-refractivity contribution in [2.75, 3.05) is 12.3 Å². The van der Waals surface area contributed by atoms with Gasteiger partial charge in [0.1, 0.15) is 0 Å². The van der Waals surface area contributed by atoms with Crippen LogP contribution in [-0.4, -0.2) is 24.2 Å². The van der Waals surface area contributed by atoms with Gasteiger partial charge in [0.25, 0.3) is 0 Å². The van der Waals surface area contributed by atoms with Crippen LogP contribution in [0.15, 0.2) is 24.3 Å². The van der Waals surface area contributed by atoms with Gasteiger partial charge in [-0.05, 0) is 11.1 Å². The minimum atomic E-state index is 0.166. The number of hydrogen-bond donors (Lipinski definition) is 2. The maximum Gasteiger partial charge on any atom is 0.221 e. The normalized spacial score (nSPS) is 27.6. The molecule has 90 valence electrons. The van der Waals surface area contributed by atoms with Crippen molar-refractivity contribution in [2.24, 2.45) is 0 Å². The van der Waals surface area contributed by atoms with E-state index in [1.54, 1.807) is 0 Å². The molecule has 0 spiro atoms. The number of benzene rings is 1. The van der Waals surface area contributed by atoms with E-state index in [-0.39, 0.29) is 5.91 Å². The van der Waals surface area contributed by atoms with Crippen LogP contribution in [0.3, 0.4) is 0 Å². The Bertz CT molecular complexity index is 435. The van der Waals surface area contributed by atoms with Gasteiger partial charge in [0.05, 0.1) is 0 Å². The predicted molar refractivity (Wildman–Crippen MR) is 69.9 cm³/mol. The Morgan fingerprint density at radius 1 is 1.35 bits per heavy atom. The lowest BCUT2D eigenvalue weighted by atomic mass is 10.0. The molecule has 1 amide bonds. The number of carbonyl (C=O) groups excluding carboxylic acids is 1. The van der Waals surface area contributed by atoms with Gasteiger partial charge in [-0.3, -0.25) is 4.79 Å². The second-order valence-electron chi connectivity index (χ2n) is 4.64. The van der Waals surface area contributed by atoms with E-state index in [2.05, 4.69) is 34.9 Å². The van der Waals surface area contributed by atoms with E-state index >= 15 is 0 Å². The molecule has 2 aliphatic rings. The molecular weight excluding hydrogens is 232 g/mol. The third-order valence-corrected chi connectivity index (χ3v) is 4.47. The van der Waals surface area contributed by atoms with Crippen molar-refractivity contribution >= 4 is 17.7 Å². The summed E-state index contributed by atoms with van der Waals surface area (Å²) in [6.45, 7) is 0.766. The van der Waals surface area contributed by atoms with Crippen LogP contribution in [0.5, 0.6) is 0 Å². The van der Waals surface area contributed by atoms with Gasteiger partial charge in [-0.25, -0.2) is 0 Å². The van der Waals surface area contributed by atoms with Crippen LogP contribution in [0, 0.1) is 0 Å². The van der Waals surface area contributed by atoms with E-state index in [1.165, 1.54) is 11.1 Å². The van der Waals surface area contributed by atoms with Crippen LogP contribution in [0.4, 0.5) is 0 Å². The van der Waals surface area contributed by atoms with Crippen molar-refractivity contribution in [3.63, 3.8) is 0 Å². The quantitative estimate of drug-likeness (QED) is 0.832. The third-order valence-electron chi connectivity index (χ3n) is 3.39. The van der Waals surface area contributed by atoms with Gasteiger partial charge in [-0.15, -0.1) is 0 Å².